The molecule has 0 atom stereocenters. The number of carbonyl (C=O) groups excluding carboxylic acids is 1. The van der Waals surface area contributed by atoms with Crippen LogP contribution in [0, 0.1) is 0 Å². The van der Waals surface area contributed by atoms with Crippen LogP contribution < -0.4 is 5.32 Å². The zero-order valence-electron chi connectivity index (χ0n) is 16.3. The second-order valence-electron chi connectivity index (χ2n) is 7.03. The molecule has 0 radical (unpaired) electrons. The molecule has 1 aromatic carbocycles. The zero-order chi connectivity index (χ0) is 21.0. The number of aromatic nitrogens is 2. The fourth-order valence-corrected chi connectivity index (χ4v) is 4.81. The molecule has 0 spiro atoms. The largest absolute Gasteiger partial charge is 0.467 e. The molecule has 30 heavy (non-hydrogen) atoms. The fourth-order valence-electron chi connectivity index (χ4n) is 3.30. The van der Waals surface area contributed by atoms with Gasteiger partial charge in [-0.15, -0.1) is 0 Å². The van der Waals surface area contributed by atoms with Crippen LogP contribution in [0.2, 0.25) is 0 Å². The van der Waals surface area contributed by atoms with Crippen LogP contribution >= 0.6 is 0 Å². The Hall–Kier alpha value is -2.98. The Bertz CT molecular complexity index is 1080. The van der Waals surface area contributed by atoms with Crippen molar-refractivity contribution in [3.63, 3.8) is 0 Å². The Morgan fingerprint density at radius 1 is 1.07 bits per heavy atom. The number of benzene rings is 1. The van der Waals surface area contributed by atoms with Crippen LogP contribution in [0.15, 0.2) is 56.5 Å². The van der Waals surface area contributed by atoms with Gasteiger partial charge in [-0.05, 0) is 49.2 Å². The lowest BCUT2D eigenvalue weighted by Crippen LogP contribution is -2.31. The van der Waals surface area contributed by atoms with Gasteiger partial charge < -0.3 is 14.3 Å². The van der Waals surface area contributed by atoms with Crippen LogP contribution in [-0.4, -0.2) is 41.9 Å². The smallest absolute Gasteiger partial charge is 0.316 e. The normalized spacial score (nSPS) is 15.6. The first kappa shape index (κ1) is 20.3. The number of nitrogens with one attached hydrogen (secondary N) is 1. The molecular formula is C20H22N4O5S. The number of amides is 1. The maximum Gasteiger partial charge on any atom is 0.316 e. The minimum Gasteiger partial charge on any atom is -0.467 e. The Kier molecular flexibility index (Phi) is 5.96. The highest BCUT2D eigenvalue weighted by Gasteiger charge is 2.25. The first-order valence-electron chi connectivity index (χ1n) is 9.79. The first-order chi connectivity index (χ1) is 14.5. The highest BCUT2D eigenvalue weighted by atomic mass is 32.2. The molecule has 0 aliphatic carbocycles. The molecule has 0 unspecified atom stereocenters. The Balaban J connectivity index is 1.44. The van der Waals surface area contributed by atoms with Crippen LogP contribution in [-0.2, 0) is 16.6 Å². The van der Waals surface area contributed by atoms with Gasteiger partial charge in [0, 0.05) is 18.7 Å². The quantitative estimate of drug-likeness (QED) is 0.639. The zero-order valence-corrected chi connectivity index (χ0v) is 17.1. The summed E-state index contributed by atoms with van der Waals surface area (Å²) in [4.78, 5) is 16.5. The molecule has 1 fully saturated rings. The van der Waals surface area contributed by atoms with E-state index in [-0.39, 0.29) is 23.2 Å². The number of furan rings is 1. The monoisotopic (exact) mass is 430 g/mol. The Labute approximate surface area is 174 Å². The van der Waals surface area contributed by atoms with Gasteiger partial charge >= 0.3 is 11.8 Å². The summed E-state index contributed by atoms with van der Waals surface area (Å²) >= 11 is 0. The van der Waals surface area contributed by atoms with Crippen molar-refractivity contribution in [2.45, 2.75) is 37.1 Å². The molecule has 1 N–H and O–H groups in total. The SMILES string of the molecule is O=C(NCc1ccco1)c1nc(-c2ccc(S(=O)(=O)N3CCCCCC3)cc2)no1. The van der Waals surface area contributed by atoms with E-state index in [1.54, 1.807) is 28.6 Å². The van der Waals surface area contributed by atoms with Gasteiger partial charge in [0.25, 0.3) is 0 Å². The van der Waals surface area contributed by atoms with E-state index in [4.69, 9.17) is 8.94 Å². The summed E-state index contributed by atoms with van der Waals surface area (Å²) in [6, 6.07) is 9.75. The van der Waals surface area contributed by atoms with Gasteiger partial charge in [0.2, 0.25) is 15.8 Å². The third kappa shape index (κ3) is 4.44. The molecule has 0 bridgehead atoms. The standard InChI is InChI=1S/C20H22N4O5S/c25-19(21-14-16-6-5-13-28-16)20-22-18(23-29-20)15-7-9-17(10-8-15)30(26,27)24-11-3-1-2-4-12-24/h5-10,13H,1-4,11-12,14H2,(H,21,25). The lowest BCUT2D eigenvalue weighted by atomic mass is 10.2. The number of nitrogens with zero attached hydrogens (tertiary/aromatic N) is 3. The van der Waals surface area contributed by atoms with Gasteiger partial charge in [0.1, 0.15) is 5.76 Å². The topological polar surface area (TPSA) is 119 Å². The maximum atomic E-state index is 12.9. The van der Waals surface area contributed by atoms with Crippen molar-refractivity contribution in [3.05, 3.63) is 54.3 Å². The highest BCUT2D eigenvalue weighted by Crippen LogP contribution is 2.23. The molecule has 1 amide bonds. The van der Waals surface area contributed by atoms with Crippen molar-refractivity contribution in [2.24, 2.45) is 0 Å². The predicted molar refractivity (Wildman–Crippen MR) is 107 cm³/mol. The molecule has 1 aliphatic heterocycles. The second-order valence-corrected chi connectivity index (χ2v) is 8.97. The number of rotatable bonds is 6. The van der Waals surface area contributed by atoms with Gasteiger partial charge in [-0.3, -0.25) is 4.79 Å². The van der Waals surface area contributed by atoms with E-state index in [1.165, 1.54) is 18.4 Å². The van der Waals surface area contributed by atoms with Gasteiger partial charge in [-0.2, -0.15) is 9.29 Å². The molecule has 3 aromatic rings. The lowest BCUT2D eigenvalue weighted by molar-refractivity contribution is 0.0904. The van der Waals surface area contributed by atoms with Crippen molar-refractivity contribution in [3.8, 4) is 11.4 Å². The molecular weight excluding hydrogens is 408 g/mol. The molecule has 2 aromatic heterocycles. The van der Waals surface area contributed by atoms with Gasteiger partial charge in [-0.1, -0.05) is 18.0 Å². The first-order valence-corrected chi connectivity index (χ1v) is 11.2. The Morgan fingerprint density at radius 2 is 1.80 bits per heavy atom. The van der Waals surface area contributed by atoms with Gasteiger partial charge in [0.15, 0.2) is 0 Å². The molecule has 158 valence electrons. The lowest BCUT2D eigenvalue weighted by Gasteiger charge is -2.19. The summed E-state index contributed by atoms with van der Waals surface area (Å²) in [7, 11) is -3.53. The van der Waals surface area contributed by atoms with Crippen molar-refractivity contribution < 1.29 is 22.2 Å². The number of hydrogen-bond donors (Lipinski definition) is 1. The van der Waals surface area contributed by atoms with Gasteiger partial charge in [0.05, 0.1) is 17.7 Å². The average Bonchev–Trinajstić information content (AvgIpc) is 3.39. The molecule has 1 aliphatic rings. The third-order valence-corrected chi connectivity index (χ3v) is 6.85. The van der Waals surface area contributed by atoms with E-state index in [0.29, 0.717) is 24.4 Å². The molecule has 0 saturated carbocycles. The van der Waals surface area contributed by atoms with E-state index < -0.39 is 15.9 Å². The summed E-state index contributed by atoms with van der Waals surface area (Å²) in [5.41, 5.74) is 0.554. The highest BCUT2D eigenvalue weighted by molar-refractivity contribution is 7.89. The summed E-state index contributed by atoms with van der Waals surface area (Å²) < 4.78 is 37.5. The summed E-state index contributed by atoms with van der Waals surface area (Å²) in [5.74, 6) is 0.101. The van der Waals surface area contributed by atoms with E-state index in [0.717, 1.165) is 25.7 Å². The van der Waals surface area contributed by atoms with Gasteiger partial charge in [-0.25, -0.2) is 8.42 Å². The number of carbonyl (C=O) groups is 1. The molecule has 4 rings (SSSR count). The predicted octanol–water partition coefficient (Wildman–Crippen LogP) is 2.82. The van der Waals surface area contributed by atoms with E-state index in [9.17, 15) is 13.2 Å². The molecule has 3 heterocycles. The van der Waals surface area contributed by atoms with E-state index in [2.05, 4.69) is 15.5 Å². The average molecular weight is 430 g/mol. The van der Waals surface area contributed by atoms with Crippen molar-refractivity contribution >= 4 is 15.9 Å². The van der Waals surface area contributed by atoms with Crippen molar-refractivity contribution in [1.29, 1.82) is 0 Å². The number of sulfonamides is 1. The Morgan fingerprint density at radius 3 is 2.47 bits per heavy atom. The minimum atomic E-state index is -3.53. The fraction of sp³-hybridized carbons (Fsp3) is 0.350. The minimum absolute atomic E-state index is 0.183. The van der Waals surface area contributed by atoms with Crippen LogP contribution in [0.1, 0.15) is 42.1 Å². The molecule has 1 saturated heterocycles. The van der Waals surface area contributed by atoms with E-state index >= 15 is 0 Å². The van der Waals surface area contributed by atoms with Crippen molar-refractivity contribution in [2.75, 3.05) is 13.1 Å². The summed E-state index contributed by atoms with van der Waals surface area (Å²) in [6.45, 7) is 1.30. The molecule has 10 heteroatoms. The maximum absolute atomic E-state index is 12.9. The van der Waals surface area contributed by atoms with Crippen LogP contribution in [0.25, 0.3) is 11.4 Å². The van der Waals surface area contributed by atoms with E-state index in [1.807, 2.05) is 0 Å². The second kappa shape index (κ2) is 8.80. The molecule has 9 nitrogen and oxygen atoms in total. The third-order valence-electron chi connectivity index (χ3n) is 4.94. The van der Waals surface area contributed by atoms with Crippen LogP contribution in [0.4, 0.5) is 0 Å². The number of hydrogen-bond acceptors (Lipinski definition) is 7. The van der Waals surface area contributed by atoms with Crippen molar-refractivity contribution in [1.82, 2.24) is 19.8 Å². The van der Waals surface area contributed by atoms with Crippen LogP contribution in [0.3, 0.4) is 0 Å². The summed E-state index contributed by atoms with van der Waals surface area (Å²) in [5, 5.41) is 6.44. The summed E-state index contributed by atoms with van der Waals surface area (Å²) in [6.07, 6.45) is 5.39. The van der Waals surface area contributed by atoms with Crippen LogP contribution in [0.5, 0.6) is 0 Å².